The lowest BCUT2D eigenvalue weighted by Gasteiger charge is -1.93. The van der Waals surface area contributed by atoms with Crippen LogP contribution in [0.1, 0.15) is 4.88 Å². The molecule has 4 nitrogen and oxygen atoms in total. The Kier molecular flexibility index (Phi) is 1.94. The van der Waals surface area contributed by atoms with Crippen molar-refractivity contribution >= 4 is 17.3 Å². The maximum Gasteiger partial charge on any atom is 0.240 e. The van der Waals surface area contributed by atoms with Gasteiger partial charge in [0.15, 0.2) is 0 Å². The van der Waals surface area contributed by atoms with Crippen LogP contribution in [0.2, 0.25) is 0 Å². The number of nitrogen functional groups attached to an aromatic ring is 1. The van der Waals surface area contributed by atoms with Gasteiger partial charge in [-0.3, -0.25) is 0 Å². The van der Waals surface area contributed by atoms with Gasteiger partial charge in [0.05, 0.1) is 11.1 Å². The molecule has 13 heavy (non-hydrogen) atoms. The van der Waals surface area contributed by atoms with Gasteiger partial charge in [0.1, 0.15) is 5.69 Å². The summed E-state index contributed by atoms with van der Waals surface area (Å²) in [4.78, 5) is 6.19. The molecule has 0 amide bonds. The number of nitrogens with two attached hydrogens (primary N) is 1. The highest BCUT2D eigenvalue weighted by Crippen LogP contribution is 2.24. The highest BCUT2D eigenvalue weighted by atomic mass is 32.1. The molecule has 0 aliphatic heterocycles. The molecule has 2 rings (SSSR count). The predicted molar refractivity (Wildman–Crippen MR) is 52.3 cm³/mol. The third-order valence-corrected chi connectivity index (χ3v) is 2.60. The van der Waals surface area contributed by atoms with Crippen molar-refractivity contribution in [3.8, 4) is 10.6 Å². The van der Waals surface area contributed by atoms with Gasteiger partial charge in [-0.25, -0.2) is 4.98 Å². The summed E-state index contributed by atoms with van der Waals surface area (Å²) >= 11 is 1.66. The molecule has 2 N–H and O–H groups in total. The van der Waals surface area contributed by atoms with E-state index in [0.717, 1.165) is 10.6 Å². The van der Waals surface area contributed by atoms with Crippen LogP contribution in [0, 0.1) is 6.92 Å². The molecule has 2 heterocycles. The smallest absolute Gasteiger partial charge is 0.240 e. The largest absolute Gasteiger partial charge is 0.366 e. The average Bonchev–Trinajstić information content (AvgIpc) is 2.53. The van der Waals surface area contributed by atoms with Crippen LogP contribution in [0.4, 0.5) is 5.95 Å². The molecule has 0 unspecified atom stereocenters. The minimum atomic E-state index is 0.206. The quantitative estimate of drug-likeness (QED) is 0.743. The molecule has 66 valence electrons. The van der Waals surface area contributed by atoms with Crippen molar-refractivity contribution in [2.45, 2.75) is 6.92 Å². The van der Waals surface area contributed by atoms with E-state index in [2.05, 4.69) is 15.2 Å². The number of thiophene rings is 1. The molecule has 0 fully saturated rings. The second kappa shape index (κ2) is 3.10. The molecule has 0 saturated carbocycles. The fraction of sp³-hybridized carbons (Fsp3) is 0.125. The topological polar surface area (TPSA) is 64.7 Å². The highest BCUT2D eigenvalue weighted by Gasteiger charge is 2.02. The summed E-state index contributed by atoms with van der Waals surface area (Å²) in [5.41, 5.74) is 6.10. The first-order valence-electron chi connectivity index (χ1n) is 3.78. The van der Waals surface area contributed by atoms with E-state index in [1.165, 1.54) is 4.88 Å². The molecule has 0 spiro atoms. The summed E-state index contributed by atoms with van der Waals surface area (Å²) in [6.45, 7) is 2.05. The fourth-order valence-corrected chi connectivity index (χ4v) is 1.79. The van der Waals surface area contributed by atoms with Gasteiger partial charge in [-0.2, -0.15) is 0 Å². The number of nitrogens with zero attached hydrogens (tertiary/aromatic N) is 3. The maximum atomic E-state index is 5.33. The second-order valence-corrected chi connectivity index (χ2v) is 3.90. The van der Waals surface area contributed by atoms with E-state index in [-0.39, 0.29) is 5.95 Å². The van der Waals surface area contributed by atoms with E-state index in [0.29, 0.717) is 0 Å². The minimum Gasteiger partial charge on any atom is -0.366 e. The van der Waals surface area contributed by atoms with E-state index >= 15 is 0 Å². The third-order valence-electron chi connectivity index (χ3n) is 1.57. The number of aryl methyl sites for hydroxylation is 1. The van der Waals surface area contributed by atoms with Crippen molar-refractivity contribution in [3.05, 3.63) is 23.2 Å². The van der Waals surface area contributed by atoms with Gasteiger partial charge in [-0.15, -0.1) is 21.5 Å². The first-order chi connectivity index (χ1) is 6.25. The summed E-state index contributed by atoms with van der Waals surface area (Å²) in [5, 5.41) is 7.62. The molecular weight excluding hydrogens is 184 g/mol. The van der Waals surface area contributed by atoms with Crippen molar-refractivity contribution in [3.63, 3.8) is 0 Å². The number of hydrogen-bond donors (Lipinski definition) is 1. The van der Waals surface area contributed by atoms with Crippen LogP contribution in [-0.2, 0) is 0 Å². The van der Waals surface area contributed by atoms with Crippen molar-refractivity contribution in [2.75, 3.05) is 5.73 Å². The first-order valence-corrected chi connectivity index (χ1v) is 4.59. The molecule has 0 aromatic carbocycles. The van der Waals surface area contributed by atoms with Gasteiger partial charge in [0.2, 0.25) is 5.95 Å². The van der Waals surface area contributed by atoms with Crippen LogP contribution in [0.5, 0.6) is 0 Å². The van der Waals surface area contributed by atoms with Gasteiger partial charge < -0.3 is 5.73 Å². The zero-order chi connectivity index (χ0) is 9.26. The standard InChI is InChI=1S/C8H8N4S/c1-5-2-3-7(13-5)6-4-10-8(9)12-11-6/h2-4H,1H3,(H2,9,10,12). The highest BCUT2D eigenvalue weighted by molar-refractivity contribution is 7.15. The van der Waals surface area contributed by atoms with Crippen molar-refractivity contribution in [2.24, 2.45) is 0 Å². The van der Waals surface area contributed by atoms with Gasteiger partial charge in [-0.1, -0.05) is 0 Å². The summed E-state index contributed by atoms with van der Waals surface area (Å²) in [6.07, 6.45) is 1.63. The molecule has 0 radical (unpaired) electrons. The Morgan fingerprint density at radius 2 is 2.15 bits per heavy atom. The summed E-state index contributed by atoms with van der Waals surface area (Å²) in [5.74, 6) is 0.206. The number of aromatic nitrogens is 3. The summed E-state index contributed by atoms with van der Waals surface area (Å²) in [6, 6.07) is 4.04. The Bertz CT molecular complexity index is 406. The van der Waals surface area contributed by atoms with Crippen molar-refractivity contribution in [1.29, 1.82) is 0 Å². The van der Waals surface area contributed by atoms with E-state index in [1.54, 1.807) is 17.5 Å². The Morgan fingerprint density at radius 1 is 1.31 bits per heavy atom. The second-order valence-electron chi connectivity index (χ2n) is 2.61. The van der Waals surface area contributed by atoms with E-state index in [9.17, 15) is 0 Å². The monoisotopic (exact) mass is 192 g/mol. The molecule has 0 atom stereocenters. The number of hydrogen-bond acceptors (Lipinski definition) is 5. The Hall–Kier alpha value is -1.49. The van der Waals surface area contributed by atoms with Crippen LogP contribution in [-0.4, -0.2) is 15.2 Å². The average molecular weight is 192 g/mol. The SMILES string of the molecule is Cc1ccc(-c2cnc(N)nn2)s1. The van der Waals surface area contributed by atoms with Crippen molar-refractivity contribution in [1.82, 2.24) is 15.2 Å². The van der Waals surface area contributed by atoms with E-state index < -0.39 is 0 Å². The van der Waals surface area contributed by atoms with Gasteiger partial charge in [0.25, 0.3) is 0 Å². The molecule has 2 aromatic rings. The third kappa shape index (κ3) is 1.65. The molecule has 0 aliphatic carbocycles. The Morgan fingerprint density at radius 3 is 2.69 bits per heavy atom. The lowest BCUT2D eigenvalue weighted by atomic mass is 10.3. The molecule has 0 aliphatic rings. The number of anilines is 1. The normalized spacial score (nSPS) is 10.2. The van der Waals surface area contributed by atoms with Crippen LogP contribution in [0.15, 0.2) is 18.3 Å². The fourth-order valence-electron chi connectivity index (χ4n) is 0.969. The molecular formula is C8H8N4S. The molecule has 0 bridgehead atoms. The van der Waals surface area contributed by atoms with E-state index in [1.807, 2.05) is 19.1 Å². The molecule has 5 heteroatoms. The van der Waals surface area contributed by atoms with Crippen LogP contribution >= 0.6 is 11.3 Å². The first kappa shape index (κ1) is 8.12. The summed E-state index contributed by atoms with van der Waals surface area (Å²) < 4.78 is 0. The van der Waals surface area contributed by atoms with Gasteiger partial charge in [-0.05, 0) is 19.1 Å². The van der Waals surface area contributed by atoms with Crippen LogP contribution < -0.4 is 5.73 Å². The zero-order valence-corrected chi connectivity index (χ0v) is 7.88. The maximum absolute atomic E-state index is 5.33. The minimum absolute atomic E-state index is 0.206. The van der Waals surface area contributed by atoms with E-state index in [4.69, 9.17) is 5.73 Å². The number of rotatable bonds is 1. The zero-order valence-electron chi connectivity index (χ0n) is 7.06. The van der Waals surface area contributed by atoms with Gasteiger partial charge >= 0.3 is 0 Å². The predicted octanol–water partition coefficient (Wildman–Crippen LogP) is 1.49. The Labute approximate surface area is 79.5 Å². The Balaban J connectivity index is 2.41. The lowest BCUT2D eigenvalue weighted by molar-refractivity contribution is 0.996. The van der Waals surface area contributed by atoms with Crippen molar-refractivity contribution < 1.29 is 0 Å². The molecule has 0 saturated heterocycles. The van der Waals surface area contributed by atoms with Gasteiger partial charge in [0, 0.05) is 4.88 Å². The van der Waals surface area contributed by atoms with Crippen LogP contribution in [0.3, 0.4) is 0 Å². The molecule has 2 aromatic heterocycles. The van der Waals surface area contributed by atoms with Crippen LogP contribution in [0.25, 0.3) is 10.6 Å². The lowest BCUT2D eigenvalue weighted by Crippen LogP contribution is -1.96. The summed E-state index contributed by atoms with van der Waals surface area (Å²) in [7, 11) is 0.